The summed E-state index contributed by atoms with van der Waals surface area (Å²) in [4.78, 5) is 31.0. The van der Waals surface area contributed by atoms with E-state index in [0.29, 0.717) is 13.0 Å². The van der Waals surface area contributed by atoms with Gasteiger partial charge in [0, 0.05) is 6.20 Å². The Labute approximate surface area is 125 Å². The lowest BCUT2D eigenvalue weighted by Gasteiger charge is -2.40. The van der Waals surface area contributed by atoms with E-state index in [1.807, 2.05) is 39.0 Å². The highest BCUT2D eigenvalue weighted by Crippen LogP contribution is 2.20. The molecule has 1 aromatic heterocycles. The van der Waals surface area contributed by atoms with Crippen molar-refractivity contribution in [2.75, 3.05) is 0 Å². The number of aromatic nitrogens is 1. The molecule has 1 N–H and O–H groups in total. The minimum Gasteiger partial charge on any atom is -0.342 e. The number of nitrogens with one attached hydrogen (secondary N) is 1. The standard InChI is InChI=1S/C16H23N3O2/c1-4-7-13-15(20)18-14(11(2)3)16(21)19(13)10-12-8-5-6-9-17-12/h5-6,8-9,11,13-14H,4,7,10H2,1-3H3,(H,18,20). The highest BCUT2D eigenvalue weighted by molar-refractivity contribution is 5.97. The smallest absolute Gasteiger partial charge is 0.246 e. The van der Waals surface area contributed by atoms with Crippen molar-refractivity contribution < 1.29 is 9.59 Å². The normalized spacial score (nSPS) is 22.6. The topological polar surface area (TPSA) is 62.3 Å². The molecule has 0 bridgehead atoms. The second-order valence-corrected chi connectivity index (χ2v) is 5.82. The molecule has 0 spiro atoms. The van der Waals surface area contributed by atoms with E-state index in [1.165, 1.54) is 0 Å². The maximum atomic E-state index is 12.7. The second kappa shape index (κ2) is 6.70. The van der Waals surface area contributed by atoms with Gasteiger partial charge in [-0.05, 0) is 24.5 Å². The fourth-order valence-corrected chi connectivity index (χ4v) is 2.65. The first-order valence-electron chi connectivity index (χ1n) is 7.55. The Morgan fingerprint density at radius 3 is 2.67 bits per heavy atom. The third-order valence-corrected chi connectivity index (χ3v) is 3.81. The number of piperazine rings is 1. The molecular formula is C16H23N3O2. The first-order valence-corrected chi connectivity index (χ1v) is 7.55. The van der Waals surface area contributed by atoms with Gasteiger partial charge in [0.2, 0.25) is 11.8 Å². The summed E-state index contributed by atoms with van der Waals surface area (Å²) in [7, 11) is 0. The van der Waals surface area contributed by atoms with Crippen LogP contribution < -0.4 is 5.32 Å². The number of pyridine rings is 1. The van der Waals surface area contributed by atoms with Crippen molar-refractivity contribution in [1.82, 2.24) is 15.2 Å². The van der Waals surface area contributed by atoms with Crippen molar-refractivity contribution >= 4 is 11.8 Å². The van der Waals surface area contributed by atoms with Crippen LogP contribution in [0.25, 0.3) is 0 Å². The van der Waals surface area contributed by atoms with E-state index >= 15 is 0 Å². The average Bonchev–Trinajstić information content (AvgIpc) is 2.47. The summed E-state index contributed by atoms with van der Waals surface area (Å²) in [5, 5.41) is 2.87. The van der Waals surface area contributed by atoms with Gasteiger partial charge >= 0.3 is 0 Å². The molecule has 1 fully saturated rings. The zero-order valence-corrected chi connectivity index (χ0v) is 12.9. The molecule has 2 amide bonds. The molecule has 2 atom stereocenters. The number of carbonyl (C=O) groups is 2. The van der Waals surface area contributed by atoms with Crippen molar-refractivity contribution in [3.8, 4) is 0 Å². The van der Waals surface area contributed by atoms with Crippen molar-refractivity contribution in [3.63, 3.8) is 0 Å². The first kappa shape index (κ1) is 15.5. The van der Waals surface area contributed by atoms with Gasteiger partial charge in [-0.15, -0.1) is 0 Å². The fraction of sp³-hybridized carbons (Fsp3) is 0.562. The average molecular weight is 289 g/mol. The molecule has 5 heteroatoms. The Kier molecular flexibility index (Phi) is 4.94. The summed E-state index contributed by atoms with van der Waals surface area (Å²) < 4.78 is 0. The fourth-order valence-electron chi connectivity index (χ4n) is 2.65. The van der Waals surface area contributed by atoms with Gasteiger partial charge in [-0.3, -0.25) is 14.6 Å². The maximum Gasteiger partial charge on any atom is 0.246 e. The summed E-state index contributed by atoms with van der Waals surface area (Å²) in [5.41, 5.74) is 0.809. The minimum atomic E-state index is -0.436. The Hall–Kier alpha value is -1.91. The predicted molar refractivity (Wildman–Crippen MR) is 80.3 cm³/mol. The third-order valence-electron chi connectivity index (χ3n) is 3.81. The zero-order chi connectivity index (χ0) is 15.4. The molecule has 0 saturated carbocycles. The lowest BCUT2D eigenvalue weighted by molar-refractivity contribution is -0.151. The predicted octanol–water partition coefficient (Wildman–Crippen LogP) is 1.73. The largest absolute Gasteiger partial charge is 0.342 e. The quantitative estimate of drug-likeness (QED) is 0.898. The number of hydrogen-bond acceptors (Lipinski definition) is 3. The van der Waals surface area contributed by atoms with Gasteiger partial charge in [0.05, 0.1) is 12.2 Å². The molecular weight excluding hydrogens is 266 g/mol. The van der Waals surface area contributed by atoms with Crippen LogP contribution in [0, 0.1) is 5.92 Å². The molecule has 1 aliphatic heterocycles. The Morgan fingerprint density at radius 1 is 1.33 bits per heavy atom. The number of rotatable bonds is 5. The van der Waals surface area contributed by atoms with Crippen LogP contribution in [0.4, 0.5) is 0 Å². The van der Waals surface area contributed by atoms with Crippen LogP contribution in [-0.4, -0.2) is 33.8 Å². The van der Waals surface area contributed by atoms with Gasteiger partial charge in [-0.25, -0.2) is 0 Å². The molecule has 0 aromatic carbocycles. The van der Waals surface area contributed by atoms with Crippen LogP contribution in [0.1, 0.15) is 39.3 Å². The molecule has 5 nitrogen and oxygen atoms in total. The van der Waals surface area contributed by atoms with Crippen LogP contribution in [0.3, 0.4) is 0 Å². The maximum absolute atomic E-state index is 12.7. The zero-order valence-electron chi connectivity index (χ0n) is 12.9. The summed E-state index contributed by atoms with van der Waals surface area (Å²) in [6, 6.07) is 4.79. The lowest BCUT2D eigenvalue weighted by atomic mass is 9.96. The van der Waals surface area contributed by atoms with Crippen molar-refractivity contribution in [1.29, 1.82) is 0 Å². The number of carbonyl (C=O) groups excluding carboxylic acids is 2. The summed E-state index contributed by atoms with van der Waals surface area (Å²) in [6.45, 7) is 6.30. The van der Waals surface area contributed by atoms with Crippen LogP contribution in [0.5, 0.6) is 0 Å². The van der Waals surface area contributed by atoms with Gasteiger partial charge in [-0.1, -0.05) is 33.3 Å². The van der Waals surface area contributed by atoms with Crippen LogP contribution in [0.15, 0.2) is 24.4 Å². The Morgan fingerprint density at radius 2 is 2.10 bits per heavy atom. The van der Waals surface area contributed by atoms with Crippen molar-refractivity contribution in [2.45, 2.75) is 52.2 Å². The van der Waals surface area contributed by atoms with E-state index in [1.54, 1.807) is 11.1 Å². The molecule has 114 valence electrons. The Bertz CT molecular complexity index is 502. The summed E-state index contributed by atoms with van der Waals surface area (Å²) >= 11 is 0. The summed E-state index contributed by atoms with van der Waals surface area (Å²) in [5.74, 6) is 0.0232. The lowest BCUT2D eigenvalue weighted by Crippen LogP contribution is -2.64. The molecule has 2 rings (SSSR count). The van der Waals surface area contributed by atoms with Gasteiger partial charge < -0.3 is 10.2 Å². The summed E-state index contributed by atoms with van der Waals surface area (Å²) in [6.07, 6.45) is 3.24. The second-order valence-electron chi connectivity index (χ2n) is 5.82. The monoisotopic (exact) mass is 289 g/mol. The molecule has 2 heterocycles. The first-order chi connectivity index (χ1) is 10.0. The van der Waals surface area contributed by atoms with E-state index in [-0.39, 0.29) is 23.8 Å². The molecule has 1 saturated heterocycles. The van der Waals surface area contributed by atoms with Gasteiger partial charge in [0.15, 0.2) is 0 Å². The van der Waals surface area contributed by atoms with Crippen molar-refractivity contribution in [3.05, 3.63) is 30.1 Å². The molecule has 1 aliphatic rings. The minimum absolute atomic E-state index is 0.00583. The number of hydrogen-bond donors (Lipinski definition) is 1. The van der Waals surface area contributed by atoms with E-state index in [9.17, 15) is 9.59 Å². The molecule has 0 radical (unpaired) electrons. The number of amides is 2. The molecule has 0 aliphatic carbocycles. The van der Waals surface area contributed by atoms with Gasteiger partial charge in [0.25, 0.3) is 0 Å². The van der Waals surface area contributed by atoms with Gasteiger partial charge in [-0.2, -0.15) is 0 Å². The SMILES string of the molecule is CCCC1C(=O)NC(C(C)C)C(=O)N1Cc1ccccn1. The van der Waals surface area contributed by atoms with Crippen LogP contribution in [0.2, 0.25) is 0 Å². The number of nitrogens with zero attached hydrogens (tertiary/aromatic N) is 2. The van der Waals surface area contributed by atoms with E-state index in [4.69, 9.17) is 0 Å². The van der Waals surface area contributed by atoms with Crippen molar-refractivity contribution in [2.24, 2.45) is 5.92 Å². The molecule has 21 heavy (non-hydrogen) atoms. The van der Waals surface area contributed by atoms with E-state index in [2.05, 4.69) is 10.3 Å². The van der Waals surface area contributed by atoms with Gasteiger partial charge in [0.1, 0.15) is 12.1 Å². The van der Waals surface area contributed by atoms with E-state index in [0.717, 1.165) is 12.1 Å². The van der Waals surface area contributed by atoms with Crippen LogP contribution in [-0.2, 0) is 16.1 Å². The van der Waals surface area contributed by atoms with Crippen LogP contribution >= 0.6 is 0 Å². The third kappa shape index (κ3) is 3.40. The molecule has 1 aromatic rings. The highest BCUT2D eigenvalue weighted by Gasteiger charge is 2.41. The highest BCUT2D eigenvalue weighted by atomic mass is 16.2. The Balaban J connectivity index is 2.25. The molecule has 2 unspecified atom stereocenters. The van der Waals surface area contributed by atoms with E-state index < -0.39 is 6.04 Å².